The Bertz CT molecular complexity index is 180. The van der Waals surface area contributed by atoms with Gasteiger partial charge in [0.1, 0.15) is 7.85 Å². The van der Waals surface area contributed by atoms with E-state index in [-0.39, 0.29) is 0 Å². The van der Waals surface area contributed by atoms with E-state index in [9.17, 15) is 5.11 Å². The minimum absolute atomic E-state index is 0.360. The molecule has 62 valence electrons. The topological polar surface area (TPSA) is 20.2 Å². The summed E-state index contributed by atoms with van der Waals surface area (Å²) in [7, 11) is 2.34. The molecule has 2 aliphatic carbocycles. The lowest BCUT2D eigenvalue weighted by Gasteiger charge is -2.22. The quantitative estimate of drug-likeness (QED) is 0.548. The molecule has 2 heteroatoms. The van der Waals surface area contributed by atoms with Crippen LogP contribution in [0, 0.1) is 23.2 Å². The minimum Gasteiger partial charge on any atom is -0.396 e. The van der Waals surface area contributed by atoms with E-state index in [1.807, 2.05) is 0 Å². The number of aliphatic hydroxyl groups is 1. The normalized spacial score (nSPS) is 61.0. The van der Waals surface area contributed by atoms with Gasteiger partial charge in [-0.15, -0.1) is 0 Å². The summed E-state index contributed by atoms with van der Waals surface area (Å²) in [5.41, 5.74) is 0.360. The second kappa shape index (κ2) is 2.04. The van der Waals surface area contributed by atoms with Crippen LogP contribution in [0.15, 0.2) is 0 Å². The molecule has 2 aliphatic rings. The van der Waals surface area contributed by atoms with Crippen molar-refractivity contribution in [3.63, 3.8) is 0 Å². The largest absolute Gasteiger partial charge is 0.396 e. The van der Waals surface area contributed by atoms with Gasteiger partial charge in [0.05, 0.1) is 0 Å². The lowest BCUT2D eigenvalue weighted by atomic mass is 9.74. The van der Waals surface area contributed by atoms with Crippen LogP contribution in [-0.4, -0.2) is 19.6 Å². The molecule has 0 radical (unpaired) electrons. The van der Waals surface area contributed by atoms with Crippen LogP contribution in [0.4, 0.5) is 0 Å². The molecule has 2 fully saturated rings. The van der Waals surface area contributed by atoms with E-state index in [4.69, 9.17) is 0 Å². The number of rotatable bonds is 1. The number of fused-ring (bicyclic) bond motifs is 1. The molecule has 2 rings (SSSR count). The fraction of sp³-hybridized carbons (Fsp3) is 1.00. The van der Waals surface area contributed by atoms with Crippen LogP contribution in [0.1, 0.15) is 20.3 Å². The first kappa shape index (κ1) is 7.66. The smallest absolute Gasteiger partial charge is 0.106 e. The summed E-state index contributed by atoms with van der Waals surface area (Å²) in [4.78, 5) is 0. The van der Waals surface area contributed by atoms with Crippen molar-refractivity contribution in [1.29, 1.82) is 0 Å². The molecule has 0 spiro atoms. The van der Waals surface area contributed by atoms with Gasteiger partial charge in [0, 0.05) is 6.61 Å². The van der Waals surface area contributed by atoms with Crippen LogP contribution >= 0.6 is 0 Å². The van der Waals surface area contributed by atoms with E-state index in [1.165, 1.54) is 6.42 Å². The molecule has 0 saturated heterocycles. The molecule has 5 atom stereocenters. The van der Waals surface area contributed by atoms with E-state index in [2.05, 4.69) is 21.7 Å². The molecular formula is C9H17BO. The van der Waals surface area contributed by atoms with Crippen molar-refractivity contribution in [1.82, 2.24) is 0 Å². The molecule has 0 unspecified atom stereocenters. The third-order valence-electron chi connectivity index (χ3n) is 4.63. The molecule has 0 aromatic carbocycles. The van der Waals surface area contributed by atoms with E-state index in [0.717, 1.165) is 23.6 Å². The zero-order valence-corrected chi connectivity index (χ0v) is 7.67. The van der Waals surface area contributed by atoms with E-state index in [0.29, 0.717) is 12.0 Å². The third-order valence-corrected chi connectivity index (χ3v) is 4.63. The monoisotopic (exact) mass is 152 g/mol. The van der Waals surface area contributed by atoms with Crippen molar-refractivity contribution in [3.05, 3.63) is 0 Å². The summed E-state index contributed by atoms with van der Waals surface area (Å²) >= 11 is 0. The van der Waals surface area contributed by atoms with Crippen molar-refractivity contribution in [2.45, 2.75) is 26.1 Å². The predicted molar refractivity (Wildman–Crippen MR) is 48.2 cm³/mol. The van der Waals surface area contributed by atoms with Gasteiger partial charge in [-0.1, -0.05) is 19.7 Å². The SMILES string of the molecule is B[C@H]1[C@H](C)[C@H](C)[C@@]2(CO)C[C@H]12. The van der Waals surface area contributed by atoms with Gasteiger partial charge in [-0.2, -0.15) is 0 Å². The van der Waals surface area contributed by atoms with Gasteiger partial charge in [0.15, 0.2) is 0 Å². The number of aliphatic hydroxyl groups excluding tert-OH is 1. The molecule has 0 amide bonds. The van der Waals surface area contributed by atoms with Crippen LogP contribution in [0.5, 0.6) is 0 Å². The standard InChI is InChI=1S/C9H17BO/c1-5-6(2)9(4-11)3-7(9)8(5)10/h5-8,11H,3-4,10H2,1-2H3/t5-,6+,7-,8+,9+/m1/s1. The van der Waals surface area contributed by atoms with Gasteiger partial charge in [0.2, 0.25) is 0 Å². The molecule has 2 saturated carbocycles. The first-order valence-electron chi connectivity index (χ1n) is 4.74. The second-order valence-corrected chi connectivity index (χ2v) is 4.71. The number of hydrogen-bond donors (Lipinski definition) is 1. The Labute approximate surface area is 69.6 Å². The predicted octanol–water partition coefficient (Wildman–Crippen LogP) is 0.692. The Morgan fingerprint density at radius 3 is 2.45 bits per heavy atom. The molecule has 0 bridgehead atoms. The zero-order chi connectivity index (χ0) is 8.22. The number of hydrogen-bond acceptors (Lipinski definition) is 1. The van der Waals surface area contributed by atoms with Crippen LogP contribution in [0.3, 0.4) is 0 Å². The van der Waals surface area contributed by atoms with Gasteiger partial charge in [-0.3, -0.25) is 0 Å². The molecular weight excluding hydrogens is 135 g/mol. The van der Waals surface area contributed by atoms with Crippen LogP contribution in [-0.2, 0) is 0 Å². The first-order valence-corrected chi connectivity index (χ1v) is 4.74. The van der Waals surface area contributed by atoms with Crippen LogP contribution in [0.25, 0.3) is 0 Å². The maximum Gasteiger partial charge on any atom is 0.106 e. The molecule has 11 heavy (non-hydrogen) atoms. The summed E-state index contributed by atoms with van der Waals surface area (Å²) in [6.07, 6.45) is 1.29. The molecule has 0 aromatic rings. The van der Waals surface area contributed by atoms with Gasteiger partial charge in [-0.05, 0) is 29.6 Å². The minimum atomic E-state index is 0.360. The average Bonchev–Trinajstić information content (AvgIpc) is 2.71. The maximum absolute atomic E-state index is 9.27. The molecule has 0 heterocycles. The summed E-state index contributed by atoms with van der Waals surface area (Å²) in [6.45, 7) is 5.07. The highest BCUT2D eigenvalue weighted by atomic mass is 16.3. The van der Waals surface area contributed by atoms with E-state index in [1.54, 1.807) is 0 Å². The van der Waals surface area contributed by atoms with Crippen molar-refractivity contribution >= 4 is 7.85 Å². The van der Waals surface area contributed by atoms with Crippen LogP contribution < -0.4 is 0 Å². The van der Waals surface area contributed by atoms with E-state index < -0.39 is 0 Å². The molecule has 1 nitrogen and oxygen atoms in total. The van der Waals surface area contributed by atoms with Crippen molar-refractivity contribution in [2.24, 2.45) is 23.2 Å². The van der Waals surface area contributed by atoms with Gasteiger partial charge in [0.25, 0.3) is 0 Å². The highest BCUT2D eigenvalue weighted by Crippen LogP contribution is 2.71. The van der Waals surface area contributed by atoms with Crippen LogP contribution in [0.2, 0.25) is 5.82 Å². The Morgan fingerprint density at radius 1 is 1.55 bits per heavy atom. The van der Waals surface area contributed by atoms with E-state index >= 15 is 0 Å². The Balaban J connectivity index is 2.21. The second-order valence-electron chi connectivity index (χ2n) is 4.71. The Morgan fingerprint density at radius 2 is 2.18 bits per heavy atom. The highest BCUT2D eigenvalue weighted by Gasteiger charge is 2.65. The lowest BCUT2D eigenvalue weighted by molar-refractivity contribution is 0.155. The summed E-state index contributed by atoms with van der Waals surface area (Å²) in [6, 6.07) is 0. The average molecular weight is 152 g/mol. The highest BCUT2D eigenvalue weighted by molar-refractivity contribution is 6.12. The van der Waals surface area contributed by atoms with Crippen molar-refractivity contribution in [3.8, 4) is 0 Å². The maximum atomic E-state index is 9.27. The third kappa shape index (κ3) is 0.716. The summed E-state index contributed by atoms with van der Waals surface area (Å²) in [5.74, 6) is 3.25. The van der Waals surface area contributed by atoms with Crippen molar-refractivity contribution < 1.29 is 5.11 Å². The molecule has 1 N–H and O–H groups in total. The summed E-state index contributed by atoms with van der Waals surface area (Å²) in [5, 5.41) is 9.27. The lowest BCUT2D eigenvalue weighted by Crippen LogP contribution is -2.19. The zero-order valence-electron chi connectivity index (χ0n) is 7.67. The van der Waals surface area contributed by atoms with Gasteiger partial charge >= 0.3 is 0 Å². The summed E-state index contributed by atoms with van der Waals surface area (Å²) < 4.78 is 0. The van der Waals surface area contributed by atoms with Gasteiger partial charge in [-0.25, -0.2) is 0 Å². The van der Waals surface area contributed by atoms with Crippen molar-refractivity contribution in [2.75, 3.05) is 6.61 Å². The fourth-order valence-electron chi connectivity index (χ4n) is 3.25. The Kier molecular flexibility index (Phi) is 1.42. The molecule has 0 aromatic heterocycles. The fourth-order valence-corrected chi connectivity index (χ4v) is 3.25. The molecule has 0 aliphatic heterocycles. The van der Waals surface area contributed by atoms with Gasteiger partial charge < -0.3 is 5.11 Å². The Hall–Kier alpha value is 0.0249. The first-order chi connectivity index (χ1) is 5.13.